The number of furan rings is 1. The minimum absolute atomic E-state index is 0.00182. The highest BCUT2D eigenvalue weighted by Gasteiger charge is 2.38. The molecule has 206 valence electrons. The van der Waals surface area contributed by atoms with Crippen LogP contribution in [0, 0.1) is 20.8 Å². The lowest BCUT2D eigenvalue weighted by atomic mass is 9.45. The maximum Gasteiger partial charge on any atom is 0.329 e. The molecule has 0 spiro atoms. The van der Waals surface area contributed by atoms with Gasteiger partial charge in [0, 0.05) is 43.7 Å². The summed E-state index contributed by atoms with van der Waals surface area (Å²) in [4.78, 5) is 0. The second kappa shape index (κ2) is 8.42. The highest BCUT2D eigenvalue weighted by molar-refractivity contribution is 6.88. The van der Waals surface area contributed by atoms with Crippen molar-refractivity contribution in [3.63, 3.8) is 0 Å². The molecule has 0 amide bonds. The number of fused-ring (bicyclic) bond motifs is 13. The molecule has 0 saturated carbocycles. The van der Waals surface area contributed by atoms with Crippen molar-refractivity contribution in [2.45, 2.75) is 20.8 Å². The van der Waals surface area contributed by atoms with E-state index in [1.165, 1.54) is 92.9 Å². The Labute approximate surface area is 255 Å². The van der Waals surface area contributed by atoms with E-state index in [0.29, 0.717) is 0 Å². The second-order valence-electron chi connectivity index (χ2n) is 12.6. The highest BCUT2D eigenvalue weighted by atomic mass is 16.3. The summed E-state index contributed by atoms with van der Waals surface area (Å²) in [6.07, 6.45) is 0. The average molecular weight is 561 g/mol. The lowest BCUT2D eigenvalue weighted by Gasteiger charge is -2.30. The fourth-order valence-corrected chi connectivity index (χ4v) is 8.50. The normalized spacial score (nSPS) is 12.8. The Morgan fingerprint density at radius 1 is 0.591 bits per heavy atom. The number of aryl methyl sites for hydroxylation is 3. The maximum atomic E-state index is 6.81. The second-order valence-corrected chi connectivity index (χ2v) is 12.6. The number of nitrogens with zero attached hydrogens (tertiary/aromatic N) is 1. The molecule has 0 atom stereocenters. The molecular weight excluding hydrogens is 533 g/mol. The van der Waals surface area contributed by atoms with Crippen molar-refractivity contribution in [2.75, 3.05) is 0 Å². The number of rotatable bonds is 1. The van der Waals surface area contributed by atoms with Crippen LogP contribution in [0.5, 0.6) is 0 Å². The zero-order chi connectivity index (χ0) is 29.3. The summed E-state index contributed by atoms with van der Waals surface area (Å²) >= 11 is 0. The lowest BCUT2D eigenvalue weighted by Crippen LogP contribution is -2.53. The number of benzene rings is 7. The van der Waals surface area contributed by atoms with Crippen molar-refractivity contribution in [1.29, 1.82) is 0 Å². The molecule has 1 aliphatic rings. The molecular formula is C41H28BNO. The largest absolute Gasteiger partial charge is 0.455 e. The van der Waals surface area contributed by atoms with Crippen LogP contribution < -0.4 is 10.9 Å². The predicted molar refractivity (Wildman–Crippen MR) is 188 cm³/mol. The molecule has 0 fully saturated rings. The SMILES string of the molecule is Cc1cc(C)c(B2c3ccc4c(oc5ccccc54)c3-c3cc4ccccc4c4c5c6ccccc6ccc5n2c34)c(C)c1. The molecule has 10 rings (SSSR count). The summed E-state index contributed by atoms with van der Waals surface area (Å²) < 4.78 is 9.46. The Balaban J connectivity index is 1.52. The third-order valence-corrected chi connectivity index (χ3v) is 10.1. The molecule has 0 saturated heterocycles. The van der Waals surface area contributed by atoms with Crippen LogP contribution in [-0.2, 0) is 0 Å². The van der Waals surface area contributed by atoms with Gasteiger partial charge in [-0.05, 0) is 71.4 Å². The average Bonchev–Trinajstić information content (AvgIpc) is 3.59. The van der Waals surface area contributed by atoms with Crippen molar-refractivity contribution in [3.05, 3.63) is 132 Å². The van der Waals surface area contributed by atoms with Gasteiger partial charge in [-0.25, -0.2) is 0 Å². The third-order valence-electron chi connectivity index (χ3n) is 10.1. The summed E-state index contributed by atoms with van der Waals surface area (Å²) in [5, 5.41) is 10.1. The Hall–Kier alpha value is -5.28. The molecule has 0 aliphatic carbocycles. The van der Waals surface area contributed by atoms with Crippen molar-refractivity contribution >= 4 is 83.1 Å². The first-order valence-corrected chi connectivity index (χ1v) is 15.5. The minimum Gasteiger partial charge on any atom is -0.455 e. The quantitative estimate of drug-likeness (QED) is 0.183. The van der Waals surface area contributed by atoms with E-state index in [1.54, 1.807) is 0 Å². The summed E-state index contributed by atoms with van der Waals surface area (Å²) in [5.41, 5.74) is 13.6. The Kier molecular flexibility index (Phi) is 4.63. The molecule has 0 bridgehead atoms. The first-order valence-electron chi connectivity index (χ1n) is 15.5. The van der Waals surface area contributed by atoms with E-state index < -0.39 is 0 Å². The zero-order valence-electron chi connectivity index (χ0n) is 24.9. The standard InChI is InChI=1S/C41H28BNO/c1-23-20-24(2)39(25(3)21-23)42-33-18-17-31-30-14-8-9-15-35(30)44-41(31)36(33)32-22-27-11-5-7-13-29(27)38-37-28-12-6-4-10-26(28)16-19-34(37)43(42)40(32)38/h4-22H,1-3H3. The molecule has 0 unspecified atom stereocenters. The van der Waals surface area contributed by atoms with E-state index in [9.17, 15) is 0 Å². The van der Waals surface area contributed by atoms with Crippen LogP contribution in [0.3, 0.4) is 0 Å². The minimum atomic E-state index is -0.00182. The zero-order valence-corrected chi connectivity index (χ0v) is 24.9. The van der Waals surface area contributed by atoms with Crippen molar-refractivity contribution in [3.8, 4) is 11.1 Å². The first-order chi connectivity index (χ1) is 21.6. The Morgan fingerprint density at radius 3 is 2.07 bits per heavy atom. The van der Waals surface area contributed by atoms with Crippen LogP contribution in [0.4, 0.5) is 0 Å². The fourth-order valence-electron chi connectivity index (χ4n) is 8.50. The van der Waals surface area contributed by atoms with Crippen molar-refractivity contribution in [1.82, 2.24) is 4.48 Å². The highest BCUT2D eigenvalue weighted by Crippen LogP contribution is 2.47. The molecule has 2 aromatic heterocycles. The van der Waals surface area contributed by atoms with E-state index in [-0.39, 0.29) is 6.85 Å². The summed E-state index contributed by atoms with van der Waals surface area (Å²) in [6.45, 7) is 6.76. The van der Waals surface area contributed by atoms with Gasteiger partial charge in [-0.15, -0.1) is 0 Å². The summed E-state index contributed by atoms with van der Waals surface area (Å²) in [6, 6.07) is 42.6. The Morgan fingerprint density at radius 2 is 1.27 bits per heavy atom. The van der Waals surface area contributed by atoms with Gasteiger partial charge in [0.25, 0.3) is 0 Å². The van der Waals surface area contributed by atoms with Gasteiger partial charge in [-0.2, -0.15) is 0 Å². The number of hydrogen-bond donors (Lipinski definition) is 0. The van der Waals surface area contributed by atoms with E-state index in [2.05, 4.69) is 141 Å². The molecule has 2 nitrogen and oxygen atoms in total. The lowest BCUT2D eigenvalue weighted by molar-refractivity contribution is 0.670. The van der Waals surface area contributed by atoms with Crippen molar-refractivity contribution in [2.24, 2.45) is 0 Å². The van der Waals surface area contributed by atoms with Gasteiger partial charge in [0.1, 0.15) is 11.2 Å². The van der Waals surface area contributed by atoms with E-state index in [0.717, 1.165) is 11.2 Å². The smallest absolute Gasteiger partial charge is 0.329 e. The molecule has 44 heavy (non-hydrogen) atoms. The van der Waals surface area contributed by atoms with Crippen LogP contribution >= 0.6 is 0 Å². The van der Waals surface area contributed by atoms with Gasteiger partial charge >= 0.3 is 6.85 Å². The molecule has 3 heteroatoms. The van der Waals surface area contributed by atoms with Gasteiger partial charge in [-0.3, -0.25) is 0 Å². The fraction of sp³-hybridized carbons (Fsp3) is 0.0732. The molecule has 0 radical (unpaired) electrons. The number of aromatic nitrogens is 1. The van der Waals surface area contributed by atoms with Crippen LogP contribution in [0.15, 0.2) is 120 Å². The van der Waals surface area contributed by atoms with E-state index >= 15 is 0 Å². The summed E-state index contributed by atoms with van der Waals surface area (Å²) in [7, 11) is 0. The maximum absolute atomic E-state index is 6.81. The first kappa shape index (κ1) is 24.2. The van der Waals surface area contributed by atoms with Crippen molar-refractivity contribution < 1.29 is 4.42 Å². The Bertz CT molecular complexity index is 2680. The van der Waals surface area contributed by atoms with Gasteiger partial charge < -0.3 is 8.90 Å². The van der Waals surface area contributed by atoms with Gasteiger partial charge in [0.15, 0.2) is 0 Å². The topological polar surface area (TPSA) is 18.1 Å². The van der Waals surface area contributed by atoms with Crippen LogP contribution in [0.1, 0.15) is 16.7 Å². The van der Waals surface area contributed by atoms with Crippen LogP contribution in [-0.4, -0.2) is 11.3 Å². The van der Waals surface area contributed by atoms with Gasteiger partial charge in [-0.1, -0.05) is 114 Å². The van der Waals surface area contributed by atoms with Crippen LogP contribution in [0.2, 0.25) is 0 Å². The van der Waals surface area contributed by atoms with Gasteiger partial charge in [0.05, 0.1) is 0 Å². The van der Waals surface area contributed by atoms with E-state index in [1.807, 2.05) is 0 Å². The monoisotopic (exact) mass is 561 g/mol. The number of para-hydroxylation sites is 1. The molecule has 3 heterocycles. The molecule has 0 N–H and O–H groups in total. The molecule has 1 aliphatic heterocycles. The molecule has 7 aromatic carbocycles. The predicted octanol–water partition coefficient (Wildman–Crippen LogP) is 9.56. The number of hydrogen-bond acceptors (Lipinski definition) is 1. The van der Waals surface area contributed by atoms with Gasteiger partial charge in [0.2, 0.25) is 0 Å². The van der Waals surface area contributed by atoms with E-state index in [4.69, 9.17) is 4.42 Å². The third kappa shape index (κ3) is 2.97. The van der Waals surface area contributed by atoms with Crippen LogP contribution in [0.25, 0.3) is 76.4 Å². The summed E-state index contributed by atoms with van der Waals surface area (Å²) in [5.74, 6) is 0. The molecule has 9 aromatic rings.